The largest absolute Gasteiger partial charge is 0.573 e. The molecule has 4 aliphatic rings. The van der Waals surface area contributed by atoms with Crippen LogP contribution in [0.15, 0.2) is 28.8 Å². The molecule has 1 heterocycles. The molecule has 4 fully saturated rings. The number of aromatic nitrogens is 1. The highest BCUT2D eigenvalue weighted by atomic mass is 19.4. The molecular weight excluding hydrogens is 435 g/mol. The van der Waals surface area contributed by atoms with Crippen molar-refractivity contribution in [2.24, 2.45) is 10.8 Å². The SMILES string of the molecule is COC(=O)C12CCC(CCc3c(-c4ccccc4OC(F)(F)F)noc3C3CC3)(CC1)CC2. The molecule has 0 aliphatic heterocycles. The van der Waals surface area contributed by atoms with Crippen LogP contribution in [-0.2, 0) is 16.0 Å². The van der Waals surface area contributed by atoms with Gasteiger partial charge < -0.3 is 14.0 Å². The summed E-state index contributed by atoms with van der Waals surface area (Å²) in [6.45, 7) is 0. The maximum Gasteiger partial charge on any atom is 0.573 e. The molecule has 0 amide bonds. The maximum absolute atomic E-state index is 13.0. The van der Waals surface area contributed by atoms with Crippen LogP contribution in [0.2, 0.25) is 0 Å². The number of para-hydroxylation sites is 1. The molecule has 6 rings (SSSR count). The van der Waals surface area contributed by atoms with Gasteiger partial charge in [0.1, 0.15) is 17.2 Å². The van der Waals surface area contributed by atoms with E-state index in [-0.39, 0.29) is 22.5 Å². The first-order valence-electron chi connectivity index (χ1n) is 11.7. The molecule has 8 heteroatoms. The molecule has 4 aliphatic carbocycles. The number of carbonyl (C=O) groups excluding carboxylic acids is 1. The van der Waals surface area contributed by atoms with Crippen molar-refractivity contribution in [2.75, 3.05) is 7.11 Å². The summed E-state index contributed by atoms with van der Waals surface area (Å²) < 4.78 is 54.0. The summed E-state index contributed by atoms with van der Waals surface area (Å²) in [7, 11) is 1.46. The predicted molar refractivity (Wildman–Crippen MR) is 114 cm³/mol. The third-order valence-corrected chi connectivity index (χ3v) is 8.06. The van der Waals surface area contributed by atoms with Crippen LogP contribution < -0.4 is 4.74 Å². The summed E-state index contributed by atoms with van der Waals surface area (Å²) in [5, 5.41) is 4.22. The van der Waals surface area contributed by atoms with Gasteiger partial charge >= 0.3 is 12.3 Å². The highest BCUT2D eigenvalue weighted by Gasteiger charge is 2.52. The second-order valence-corrected chi connectivity index (χ2v) is 9.96. The Morgan fingerprint density at radius 1 is 1.12 bits per heavy atom. The molecule has 0 atom stereocenters. The molecule has 0 saturated heterocycles. The number of benzene rings is 1. The number of ether oxygens (including phenoxy) is 2. The van der Waals surface area contributed by atoms with Crippen molar-refractivity contribution in [3.05, 3.63) is 35.6 Å². The highest BCUT2D eigenvalue weighted by Crippen LogP contribution is 2.59. The van der Waals surface area contributed by atoms with Crippen molar-refractivity contribution in [1.82, 2.24) is 5.16 Å². The van der Waals surface area contributed by atoms with E-state index in [4.69, 9.17) is 9.26 Å². The molecule has 2 bridgehead atoms. The van der Waals surface area contributed by atoms with Crippen LogP contribution in [0.4, 0.5) is 13.2 Å². The van der Waals surface area contributed by atoms with Crippen LogP contribution in [0.3, 0.4) is 0 Å². The monoisotopic (exact) mass is 463 g/mol. The number of carbonyl (C=O) groups is 1. The lowest BCUT2D eigenvalue weighted by Gasteiger charge is -2.52. The first-order chi connectivity index (χ1) is 15.7. The third-order valence-electron chi connectivity index (χ3n) is 8.06. The summed E-state index contributed by atoms with van der Waals surface area (Å²) in [6, 6.07) is 6.11. The summed E-state index contributed by atoms with van der Waals surface area (Å²) in [5.74, 6) is 0.741. The Morgan fingerprint density at radius 3 is 2.39 bits per heavy atom. The molecule has 0 unspecified atom stereocenters. The van der Waals surface area contributed by atoms with E-state index in [0.717, 1.165) is 69.1 Å². The van der Waals surface area contributed by atoms with E-state index >= 15 is 0 Å². The van der Waals surface area contributed by atoms with Crippen molar-refractivity contribution in [3.8, 4) is 17.0 Å². The number of rotatable bonds is 7. The molecule has 0 N–H and O–H groups in total. The van der Waals surface area contributed by atoms with Gasteiger partial charge in [-0.05, 0) is 81.8 Å². The highest BCUT2D eigenvalue weighted by molar-refractivity contribution is 5.77. The Hall–Kier alpha value is -2.51. The van der Waals surface area contributed by atoms with Gasteiger partial charge in [0.25, 0.3) is 0 Å². The van der Waals surface area contributed by atoms with E-state index in [1.807, 2.05) is 0 Å². The van der Waals surface area contributed by atoms with Crippen LogP contribution in [0.25, 0.3) is 11.3 Å². The van der Waals surface area contributed by atoms with E-state index in [9.17, 15) is 18.0 Å². The number of esters is 1. The van der Waals surface area contributed by atoms with E-state index in [2.05, 4.69) is 9.89 Å². The van der Waals surface area contributed by atoms with Gasteiger partial charge in [0.15, 0.2) is 0 Å². The van der Waals surface area contributed by atoms with Crippen LogP contribution in [0.5, 0.6) is 5.75 Å². The molecular formula is C25H28F3NO4. The molecule has 1 aromatic heterocycles. The maximum atomic E-state index is 13.0. The molecule has 178 valence electrons. The Bertz CT molecular complexity index is 1020. The average Bonchev–Trinajstić information content (AvgIpc) is 3.57. The van der Waals surface area contributed by atoms with E-state index in [1.165, 1.54) is 19.2 Å². The summed E-state index contributed by atoms with van der Waals surface area (Å²) >= 11 is 0. The van der Waals surface area contributed by atoms with Crippen molar-refractivity contribution in [2.45, 2.75) is 76.5 Å². The van der Waals surface area contributed by atoms with Gasteiger partial charge in [-0.2, -0.15) is 0 Å². The fourth-order valence-corrected chi connectivity index (χ4v) is 5.87. The van der Waals surface area contributed by atoms with Gasteiger partial charge in [-0.15, -0.1) is 13.2 Å². The molecule has 2 aromatic rings. The van der Waals surface area contributed by atoms with E-state index < -0.39 is 6.36 Å². The Balaban J connectivity index is 1.40. The Labute approximate surface area is 190 Å². The number of nitrogens with zero attached hydrogens (tertiary/aromatic N) is 1. The number of alkyl halides is 3. The zero-order valence-corrected chi connectivity index (χ0v) is 18.7. The number of fused-ring (bicyclic) bond motifs is 3. The average molecular weight is 463 g/mol. The Morgan fingerprint density at radius 2 is 1.79 bits per heavy atom. The van der Waals surface area contributed by atoms with E-state index in [1.54, 1.807) is 12.1 Å². The minimum atomic E-state index is -4.78. The molecule has 0 spiro atoms. The van der Waals surface area contributed by atoms with Crippen LogP contribution in [-0.4, -0.2) is 24.6 Å². The van der Waals surface area contributed by atoms with Gasteiger partial charge in [-0.1, -0.05) is 17.3 Å². The second kappa shape index (κ2) is 8.06. The minimum Gasteiger partial charge on any atom is -0.469 e. The predicted octanol–water partition coefficient (Wildman–Crippen LogP) is 6.56. The number of methoxy groups -OCH3 is 1. The quantitative estimate of drug-likeness (QED) is 0.435. The minimum absolute atomic E-state index is 0.0885. The van der Waals surface area contributed by atoms with Crippen LogP contribution >= 0.6 is 0 Å². The fraction of sp³-hybridized carbons (Fsp3) is 0.600. The molecule has 0 radical (unpaired) electrons. The lowest BCUT2D eigenvalue weighted by atomic mass is 9.52. The first-order valence-corrected chi connectivity index (χ1v) is 11.7. The molecule has 1 aromatic carbocycles. The second-order valence-electron chi connectivity index (χ2n) is 9.96. The van der Waals surface area contributed by atoms with Crippen molar-refractivity contribution < 1.29 is 32.0 Å². The van der Waals surface area contributed by atoms with Crippen LogP contribution in [0, 0.1) is 10.8 Å². The van der Waals surface area contributed by atoms with Crippen molar-refractivity contribution in [1.29, 1.82) is 0 Å². The first kappa shape index (κ1) is 22.3. The lowest BCUT2D eigenvalue weighted by molar-refractivity contribution is -0.274. The van der Waals surface area contributed by atoms with Gasteiger partial charge in [0.05, 0.1) is 12.5 Å². The zero-order chi connectivity index (χ0) is 23.3. The number of halogens is 3. The fourth-order valence-electron chi connectivity index (χ4n) is 5.87. The van der Waals surface area contributed by atoms with Crippen molar-refractivity contribution >= 4 is 5.97 Å². The Kier molecular flexibility index (Phi) is 5.45. The van der Waals surface area contributed by atoms with Gasteiger partial charge in [-0.3, -0.25) is 4.79 Å². The topological polar surface area (TPSA) is 61.6 Å². The lowest BCUT2D eigenvalue weighted by Crippen LogP contribution is -2.46. The molecule has 4 saturated carbocycles. The standard InChI is InChI=1S/C25H28F3NO4/c1-31-22(30)24-13-10-23(11-14-24,12-15-24)9-8-18-20(29-33-21(18)16-6-7-16)17-4-2-3-5-19(17)32-25(26,27)28/h2-5,16H,6-15H2,1H3. The number of hydrogen-bond acceptors (Lipinski definition) is 5. The van der Waals surface area contributed by atoms with Gasteiger partial charge in [0, 0.05) is 17.0 Å². The zero-order valence-electron chi connectivity index (χ0n) is 18.7. The van der Waals surface area contributed by atoms with Gasteiger partial charge in [0.2, 0.25) is 0 Å². The van der Waals surface area contributed by atoms with Crippen LogP contribution in [0.1, 0.15) is 75.0 Å². The third kappa shape index (κ3) is 4.24. The normalized spacial score (nSPS) is 26.9. The summed E-state index contributed by atoms with van der Waals surface area (Å²) in [4.78, 5) is 12.3. The number of hydrogen-bond donors (Lipinski definition) is 0. The summed E-state index contributed by atoms with van der Waals surface area (Å²) in [5.41, 5.74) is 1.47. The van der Waals surface area contributed by atoms with Gasteiger partial charge in [-0.25, -0.2) is 0 Å². The van der Waals surface area contributed by atoms with E-state index in [0.29, 0.717) is 23.6 Å². The molecule has 5 nitrogen and oxygen atoms in total. The summed E-state index contributed by atoms with van der Waals surface area (Å²) in [6.07, 6.45) is 4.26. The van der Waals surface area contributed by atoms with Crippen molar-refractivity contribution in [3.63, 3.8) is 0 Å². The smallest absolute Gasteiger partial charge is 0.469 e. The molecule has 33 heavy (non-hydrogen) atoms.